The van der Waals surface area contributed by atoms with Crippen LogP contribution in [0.3, 0.4) is 0 Å². The predicted molar refractivity (Wildman–Crippen MR) is 82.4 cm³/mol. The normalized spacial score (nSPS) is 10.1. The van der Waals surface area contributed by atoms with Crippen molar-refractivity contribution >= 4 is 33.4 Å². The molecule has 9 heteroatoms. The summed E-state index contributed by atoms with van der Waals surface area (Å²) < 4.78 is 0. The van der Waals surface area contributed by atoms with Crippen molar-refractivity contribution in [1.29, 1.82) is 0 Å². The SMILES string of the molecule is O=C(SC(=O)c1ccc([N+](=O)[O-])cc1)c1ccc([N+](=O)[O-])cc1. The number of nitrogens with zero attached hydrogens (tertiary/aromatic N) is 2. The number of rotatable bonds is 4. The van der Waals surface area contributed by atoms with Gasteiger partial charge >= 0.3 is 0 Å². The monoisotopic (exact) mass is 332 g/mol. The molecular formula is C14H8N2O6S. The van der Waals surface area contributed by atoms with Crippen LogP contribution in [-0.4, -0.2) is 20.1 Å². The second kappa shape index (κ2) is 6.79. The fraction of sp³-hybridized carbons (Fsp3) is 0. The van der Waals surface area contributed by atoms with E-state index in [4.69, 9.17) is 0 Å². The van der Waals surface area contributed by atoms with Crippen LogP contribution >= 0.6 is 11.8 Å². The van der Waals surface area contributed by atoms with Gasteiger partial charge in [-0.2, -0.15) is 0 Å². The van der Waals surface area contributed by atoms with Crippen LogP contribution in [0.2, 0.25) is 0 Å². The Labute approximate surface area is 133 Å². The summed E-state index contributed by atoms with van der Waals surface area (Å²) in [5.74, 6) is 0. The van der Waals surface area contributed by atoms with Crippen molar-refractivity contribution in [2.75, 3.05) is 0 Å². The van der Waals surface area contributed by atoms with Crippen LogP contribution < -0.4 is 0 Å². The van der Waals surface area contributed by atoms with Crippen LogP contribution in [0.4, 0.5) is 11.4 Å². The lowest BCUT2D eigenvalue weighted by Crippen LogP contribution is -2.01. The first-order valence-electron chi connectivity index (χ1n) is 6.14. The highest BCUT2D eigenvalue weighted by molar-refractivity contribution is 8.26. The van der Waals surface area contributed by atoms with Crippen molar-refractivity contribution in [2.45, 2.75) is 0 Å². The topological polar surface area (TPSA) is 120 Å². The van der Waals surface area contributed by atoms with Gasteiger partial charge in [0.15, 0.2) is 0 Å². The number of carbonyl (C=O) groups excluding carboxylic acids is 2. The minimum absolute atomic E-state index is 0.149. The highest BCUT2D eigenvalue weighted by Crippen LogP contribution is 2.21. The number of nitro groups is 2. The summed E-state index contributed by atoms with van der Waals surface area (Å²) in [7, 11) is 0. The van der Waals surface area contributed by atoms with E-state index in [-0.39, 0.29) is 22.5 Å². The van der Waals surface area contributed by atoms with Gasteiger partial charge in [0, 0.05) is 35.4 Å². The molecule has 0 saturated heterocycles. The maximum Gasteiger partial charge on any atom is 0.269 e. The summed E-state index contributed by atoms with van der Waals surface area (Å²) in [5.41, 5.74) is -0.0202. The average molecular weight is 332 g/mol. The van der Waals surface area contributed by atoms with Gasteiger partial charge in [-0.05, 0) is 36.0 Å². The molecule has 0 heterocycles. The Morgan fingerprint density at radius 1 is 0.696 bits per heavy atom. The second-order valence-corrected chi connectivity index (χ2v) is 5.23. The molecule has 0 spiro atoms. The van der Waals surface area contributed by atoms with Crippen LogP contribution in [0.25, 0.3) is 0 Å². The molecule has 0 N–H and O–H groups in total. The minimum Gasteiger partial charge on any atom is -0.281 e. The fourth-order valence-corrected chi connectivity index (χ4v) is 2.32. The standard InChI is InChI=1S/C14H8N2O6S/c17-13(9-1-5-11(6-2-9)15(19)20)23-14(18)10-3-7-12(8-4-10)16(21)22/h1-8H. The molecule has 2 aromatic carbocycles. The summed E-state index contributed by atoms with van der Waals surface area (Å²) in [6.07, 6.45) is 0. The zero-order valence-electron chi connectivity index (χ0n) is 11.4. The molecule has 0 aromatic heterocycles. The van der Waals surface area contributed by atoms with E-state index >= 15 is 0 Å². The van der Waals surface area contributed by atoms with Crippen LogP contribution in [0.15, 0.2) is 48.5 Å². The zero-order chi connectivity index (χ0) is 17.0. The summed E-state index contributed by atoms with van der Waals surface area (Å²) in [4.78, 5) is 43.8. The predicted octanol–water partition coefficient (Wildman–Crippen LogP) is 3.22. The number of benzene rings is 2. The Morgan fingerprint density at radius 3 is 1.26 bits per heavy atom. The quantitative estimate of drug-likeness (QED) is 0.622. The molecule has 116 valence electrons. The fourth-order valence-electron chi connectivity index (χ4n) is 1.64. The maximum atomic E-state index is 11.9. The molecule has 0 aliphatic heterocycles. The van der Waals surface area contributed by atoms with Crippen molar-refractivity contribution in [2.24, 2.45) is 0 Å². The van der Waals surface area contributed by atoms with E-state index in [2.05, 4.69) is 0 Å². The van der Waals surface area contributed by atoms with E-state index < -0.39 is 20.1 Å². The zero-order valence-corrected chi connectivity index (χ0v) is 12.2. The first-order chi connectivity index (χ1) is 10.9. The third-order valence-electron chi connectivity index (χ3n) is 2.81. The van der Waals surface area contributed by atoms with Crippen molar-refractivity contribution in [1.82, 2.24) is 0 Å². The molecule has 0 aliphatic carbocycles. The molecular weight excluding hydrogens is 324 g/mol. The van der Waals surface area contributed by atoms with Crippen LogP contribution in [-0.2, 0) is 0 Å². The van der Waals surface area contributed by atoms with E-state index in [9.17, 15) is 29.8 Å². The van der Waals surface area contributed by atoms with Crippen molar-refractivity contribution in [3.05, 3.63) is 79.9 Å². The molecule has 2 aromatic rings. The Balaban J connectivity index is 2.08. The van der Waals surface area contributed by atoms with Crippen LogP contribution in [0, 0.1) is 20.2 Å². The second-order valence-electron chi connectivity index (χ2n) is 4.28. The first kappa shape index (κ1) is 16.3. The smallest absolute Gasteiger partial charge is 0.269 e. The minimum atomic E-state index is -0.594. The van der Waals surface area contributed by atoms with E-state index in [0.717, 1.165) is 0 Å². The molecule has 0 amide bonds. The van der Waals surface area contributed by atoms with E-state index in [1.54, 1.807) is 0 Å². The molecule has 0 saturated carbocycles. The lowest BCUT2D eigenvalue weighted by atomic mass is 10.2. The number of thioether (sulfide) groups is 1. The molecule has 0 unspecified atom stereocenters. The third kappa shape index (κ3) is 3.98. The average Bonchev–Trinajstić information content (AvgIpc) is 2.54. The summed E-state index contributed by atoms with van der Waals surface area (Å²) in [6.45, 7) is 0. The molecule has 2 rings (SSSR count). The van der Waals surface area contributed by atoms with Gasteiger partial charge in [0.2, 0.25) is 10.2 Å². The summed E-state index contributed by atoms with van der Waals surface area (Å²) in [5, 5.41) is 19.9. The van der Waals surface area contributed by atoms with Gasteiger partial charge in [0.25, 0.3) is 11.4 Å². The summed E-state index contributed by atoms with van der Waals surface area (Å²) in [6, 6.07) is 9.73. The molecule has 0 aliphatic rings. The lowest BCUT2D eigenvalue weighted by molar-refractivity contribution is -0.385. The van der Waals surface area contributed by atoms with E-state index in [1.807, 2.05) is 0 Å². The van der Waals surface area contributed by atoms with Crippen LogP contribution in [0.1, 0.15) is 20.7 Å². The van der Waals surface area contributed by atoms with Gasteiger partial charge in [-0.1, -0.05) is 0 Å². The van der Waals surface area contributed by atoms with Gasteiger partial charge in [0.05, 0.1) is 9.85 Å². The number of nitro benzene ring substituents is 2. The number of non-ortho nitro benzene ring substituents is 2. The third-order valence-corrected chi connectivity index (χ3v) is 3.66. The van der Waals surface area contributed by atoms with E-state index in [1.165, 1.54) is 48.5 Å². The number of carbonyl (C=O) groups is 2. The summed E-state index contributed by atoms with van der Waals surface area (Å²) >= 11 is 0.417. The van der Waals surface area contributed by atoms with Crippen LogP contribution in [0.5, 0.6) is 0 Å². The Bertz CT molecular complexity index is 718. The van der Waals surface area contributed by atoms with Crippen molar-refractivity contribution < 1.29 is 19.4 Å². The number of hydrogen-bond acceptors (Lipinski definition) is 7. The molecule has 23 heavy (non-hydrogen) atoms. The highest BCUT2D eigenvalue weighted by Gasteiger charge is 2.17. The Kier molecular flexibility index (Phi) is 4.82. The van der Waals surface area contributed by atoms with Gasteiger partial charge < -0.3 is 0 Å². The number of hydrogen-bond donors (Lipinski definition) is 0. The van der Waals surface area contributed by atoms with Gasteiger partial charge in [0.1, 0.15) is 0 Å². The molecule has 0 atom stereocenters. The van der Waals surface area contributed by atoms with E-state index in [0.29, 0.717) is 11.8 Å². The van der Waals surface area contributed by atoms with Gasteiger partial charge in [-0.25, -0.2) is 0 Å². The van der Waals surface area contributed by atoms with Gasteiger partial charge in [-0.15, -0.1) is 0 Å². The largest absolute Gasteiger partial charge is 0.281 e. The van der Waals surface area contributed by atoms with Crippen molar-refractivity contribution in [3.63, 3.8) is 0 Å². The Morgan fingerprint density at radius 2 is 1.00 bits per heavy atom. The lowest BCUT2D eigenvalue weighted by Gasteiger charge is -2.01. The Hall–Kier alpha value is -3.07. The molecule has 0 radical (unpaired) electrons. The van der Waals surface area contributed by atoms with Gasteiger partial charge in [-0.3, -0.25) is 29.8 Å². The first-order valence-corrected chi connectivity index (χ1v) is 6.95. The van der Waals surface area contributed by atoms with Crippen molar-refractivity contribution in [3.8, 4) is 0 Å². The highest BCUT2D eigenvalue weighted by atomic mass is 32.2. The molecule has 8 nitrogen and oxygen atoms in total. The maximum absolute atomic E-state index is 11.9. The molecule has 0 fully saturated rings. The molecule has 0 bridgehead atoms.